The Labute approximate surface area is 138 Å². The molecule has 7 heteroatoms. The van der Waals surface area contributed by atoms with Crippen LogP contribution in [0.5, 0.6) is 0 Å². The predicted octanol–water partition coefficient (Wildman–Crippen LogP) is 3.81. The molecule has 1 N–H and O–H groups in total. The second-order valence-corrected chi connectivity index (χ2v) is 5.62. The van der Waals surface area contributed by atoms with Gasteiger partial charge in [0.15, 0.2) is 0 Å². The molecule has 0 bridgehead atoms. The van der Waals surface area contributed by atoms with Crippen molar-refractivity contribution in [2.75, 3.05) is 11.9 Å². The van der Waals surface area contributed by atoms with Crippen molar-refractivity contribution >= 4 is 39.9 Å². The summed E-state index contributed by atoms with van der Waals surface area (Å²) in [6.07, 6.45) is 2.52. The van der Waals surface area contributed by atoms with Crippen molar-refractivity contribution in [3.8, 4) is 0 Å². The number of anilines is 1. The third-order valence-corrected chi connectivity index (χ3v) is 4.24. The summed E-state index contributed by atoms with van der Waals surface area (Å²) in [4.78, 5) is 4.53. The van der Waals surface area contributed by atoms with Crippen LogP contribution in [0, 0.1) is 0 Å². The number of hydrogen-bond donors (Lipinski definition) is 1. The fourth-order valence-corrected chi connectivity index (χ4v) is 2.63. The van der Waals surface area contributed by atoms with Crippen LogP contribution >= 0.6 is 23.2 Å². The molecule has 114 valence electrons. The Balaban J connectivity index is 1.73. The number of benzene rings is 1. The largest absolute Gasteiger partial charge is 0.370 e. The Morgan fingerprint density at radius 2 is 2.00 bits per heavy atom. The SMILES string of the molecule is CCn1cnnc1CCNc1ccc2ccc(Cl)c(Cl)c2n1. The monoisotopic (exact) mass is 335 g/mol. The van der Waals surface area contributed by atoms with Crippen LogP contribution in [0.3, 0.4) is 0 Å². The summed E-state index contributed by atoms with van der Waals surface area (Å²) in [5, 5.41) is 13.3. The Hall–Kier alpha value is -1.85. The van der Waals surface area contributed by atoms with Crippen molar-refractivity contribution in [3.05, 3.63) is 46.5 Å². The fourth-order valence-electron chi connectivity index (χ4n) is 2.27. The Kier molecular flexibility index (Phi) is 4.45. The van der Waals surface area contributed by atoms with Crippen LogP contribution in [0.2, 0.25) is 10.0 Å². The number of aryl methyl sites for hydroxylation is 1. The first-order valence-electron chi connectivity index (χ1n) is 7.04. The number of nitrogens with zero attached hydrogens (tertiary/aromatic N) is 4. The van der Waals surface area contributed by atoms with Crippen LogP contribution in [-0.2, 0) is 13.0 Å². The van der Waals surface area contributed by atoms with Gasteiger partial charge >= 0.3 is 0 Å². The molecular formula is C15H15Cl2N5. The standard InChI is InChI=1S/C15H15Cl2N5/c1-2-22-9-19-21-13(22)7-8-18-12-6-4-10-3-5-11(16)14(17)15(10)20-12/h3-6,9H,2,7-8H2,1H3,(H,18,20). The molecule has 2 aromatic heterocycles. The lowest BCUT2D eigenvalue weighted by atomic mass is 10.2. The van der Waals surface area contributed by atoms with Gasteiger partial charge in [-0.25, -0.2) is 4.98 Å². The predicted molar refractivity (Wildman–Crippen MR) is 89.7 cm³/mol. The summed E-state index contributed by atoms with van der Waals surface area (Å²) in [5.41, 5.74) is 0.705. The molecule has 5 nitrogen and oxygen atoms in total. The number of fused-ring (bicyclic) bond motifs is 1. The van der Waals surface area contributed by atoms with Crippen molar-refractivity contribution in [2.45, 2.75) is 19.9 Å². The van der Waals surface area contributed by atoms with E-state index >= 15 is 0 Å². The zero-order chi connectivity index (χ0) is 15.5. The fraction of sp³-hybridized carbons (Fsp3) is 0.267. The van der Waals surface area contributed by atoms with Gasteiger partial charge in [0.2, 0.25) is 0 Å². The molecule has 0 spiro atoms. The quantitative estimate of drug-likeness (QED) is 0.770. The van der Waals surface area contributed by atoms with Crippen molar-refractivity contribution in [2.24, 2.45) is 0 Å². The number of aromatic nitrogens is 4. The Bertz CT molecular complexity index is 800. The van der Waals surface area contributed by atoms with Crippen molar-refractivity contribution < 1.29 is 0 Å². The molecule has 0 unspecified atom stereocenters. The van der Waals surface area contributed by atoms with E-state index in [-0.39, 0.29) is 0 Å². The summed E-state index contributed by atoms with van der Waals surface area (Å²) < 4.78 is 2.02. The van der Waals surface area contributed by atoms with Gasteiger partial charge < -0.3 is 9.88 Å². The third kappa shape index (κ3) is 3.00. The molecule has 0 fully saturated rings. The van der Waals surface area contributed by atoms with E-state index in [4.69, 9.17) is 23.2 Å². The lowest BCUT2D eigenvalue weighted by Crippen LogP contribution is -2.10. The molecule has 0 aliphatic carbocycles. The van der Waals surface area contributed by atoms with Crippen LogP contribution in [0.1, 0.15) is 12.7 Å². The average Bonchev–Trinajstić information content (AvgIpc) is 2.99. The second-order valence-electron chi connectivity index (χ2n) is 4.84. The zero-order valence-electron chi connectivity index (χ0n) is 12.1. The summed E-state index contributed by atoms with van der Waals surface area (Å²) >= 11 is 12.2. The van der Waals surface area contributed by atoms with E-state index in [1.807, 2.05) is 22.8 Å². The molecular weight excluding hydrogens is 321 g/mol. The van der Waals surface area contributed by atoms with E-state index in [0.717, 1.165) is 36.5 Å². The highest BCUT2D eigenvalue weighted by molar-refractivity contribution is 6.45. The number of nitrogens with one attached hydrogen (secondary N) is 1. The number of halogens is 2. The van der Waals surface area contributed by atoms with Gasteiger partial charge in [0.05, 0.1) is 15.6 Å². The van der Waals surface area contributed by atoms with Crippen LogP contribution in [-0.4, -0.2) is 26.3 Å². The molecule has 0 radical (unpaired) electrons. The van der Waals surface area contributed by atoms with E-state index in [2.05, 4.69) is 27.4 Å². The summed E-state index contributed by atoms with van der Waals surface area (Å²) in [6, 6.07) is 7.58. The van der Waals surface area contributed by atoms with Gasteiger partial charge in [0, 0.05) is 24.9 Å². The first-order chi connectivity index (χ1) is 10.7. The maximum absolute atomic E-state index is 6.21. The number of rotatable bonds is 5. The molecule has 0 amide bonds. The minimum atomic E-state index is 0.480. The van der Waals surface area contributed by atoms with Gasteiger partial charge in [-0.05, 0) is 25.1 Å². The van der Waals surface area contributed by atoms with Crippen molar-refractivity contribution in [1.82, 2.24) is 19.7 Å². The molecule has 0 saturated heterocycles. The molecule has 3 aromatic rings. The highest BCUT2D eigenvalue weighted by atomic mass is 35.5. The van der Waals surface area contributed by atoms with E-state index in [1.54, 1.807) is 12.4 Å². The lowest BCUT2D eigenvalue weighted by molar-refractivity contribution is 0.697. The minimum Gasteiger partial charge on any atom is -0.370 e. The van der Waals surface area contributed by atoms with Gasteiger partial charge in [-0.1, -0.05) is 29.3 Å². The van der Waals surface area contributed by atoms with Crippen LogP contribution < -0.4 is 5.32 Å². The second kappa shape index (κ2) is 6.50. The number of hydrogen-bond acceptors (Lipinski definition) is 4. The molecule has 22 heavy (non-hydrogen) atoms. The molecule has 1 aromatic carbocycles. The van der Waals surface area contributed by atoms with Crippen LogP contribution in [0.25, 0.3) is 10.9 Å². The average molecular weight is 336 g/mol. The minimum absolute atomic E-state index is 0.480. The van der Waals surface area contributed by atoms with Gasteiger partial charge in [-0.3, -0.25) is 0 Å². The highest BCUT2D eigenvalue weighted by Gasteiger charge is 2.07. The normalized spacial score (nSPS) is 11.0. The first kappa shape index (κ1) is 15.1. The van der Waals surface area contributed by atoms with Crippen molar-refractivity contribution in [3.63, 3.8) is 0 Å². The van der Waals surface area contributed by atoms with Crippen molar-refractivity contribution in [1.29, 1.82) is 0 Å². The molecule has 3 rings (SSSR count). The summed E-state index contributed by atoms with van der Waals surface area (Å²) in [5.74, 6) is 1.72. The maximum Gasteiger partial charge on any atom is 0.134 e. The summed E-state index contributed by atoms with van der Waals surface area (Å²) in [7, 11) is 0. The van der Waals surface area contributed by atoms with Crippen LogP contribution in [0.4, 0.5) is 5.82 Å². The lowest BCUT2D eigenvalue weighted by Gasteiger charge is -2.08. The molecule has 0 saturated carbocycles. The molecule has 0 atom stereocenters. The van der Waals surface area contributed by atoms with E-state index < -0.39 is 0 Å². The number of pyridine rings is 1. The molecule has 0 aliphatic heterocycles. The Morgan fingerprint density at radius 3 is 2.82 bits per heavy atom. The highest BCUT2D eigenvalue weighted by Crippen LogP contribution is 2.30. The van der Waals surface area contributed by atoms with Gasteiger partial charge in [0.25, 0.3) is 0 Å². The molecule has 2 heterocycles. The Morgan fingerprint density at radius 1 is 1.18 bits per heavy atom. The topological polar surface area (TPSA) is 55.6 Å². The van der Waals surface area contributed by atoms with E-state index in [9.17, 15) is 0 Å². The van der Waals surface area contributed by atoms with Gasteiger partial charge in [-0.2, -0.15) is 0 Å². The van der Waals surface area contributed by atoms with Gasteiger partial charge in [-0.15, -0.1) is 10.2 Å². The smallest absolute Gasteiger partial charge is 0.134 e. The van der Waals surface area contributed by atoms with Gasteiger partial charge in [0.1, 0.15) is 18.0 Å². The third-order valence-electron chi connectivity index (χ3n) is 3.44. The van der Waals surface area contributed by atoms with E-state index in [0.29, 0.717) is 15.6 Å². The van der Waals surface area contributed by atoms with Crippen LogP contribution in [0.15, 0.2) is 30.6 Å². The zero-order valence-corrected chi connectivity index (χ0v) is 13.6. The summed E-state index contributed by atoms with van der Waals surface area (Å²) in [6.45, 7) is 3.65. The maximum atomic E-state index is 6.21. The first-order valence-corrected chi connectivity index (χ1v) is 7.80. The molecule has 0 aliphatic rings. The van der Waals surface area contributed by atoms with E-state index in [1.165, 1.54) is 0 Å².